The molecule has 0 aliphatic heterocycles. The van der Waals surface area contributed by atoms with Gasteiger partial charge >= 0.3 is 0 Å². The fraction of sp³-hybridized carbons (Fsp3) is 0.500. The molecule has 4 heteroatoms. The molecule has 100 valence electrons. The highest BCUT2D eigenvalue weighted by Crippen LogP contribution is 2.26. The van der Waals surface area contributed by atoms with Crippen molar-refractivity contribution < 1.29 is 9.53 Å². The van der Waals surface area contributed by atoms with Gasteiger partial charge in [0.1, 0.15) is 5.75 Å². The number of aryl methyl sites for hydroxylation is 1. The number of halogens is 2. The Bertz CT molecular complexity index is 436. The van der Waals surface area contributed by atoms with Gasteiger partial charge in [0.25, 0.3) is 0 Å². The molecule has 0 aliphatic carbocycles. The number of ketones is 1. The Kier molecular flexibility index (Phi) is 5.06. The molecule has 0 fully saturated rings. The first-order valence-electron chi connectivity index (χ1n) is 5.79. The molecular formula is C14H18Cl2O2. The minimum absolute atomic E-state index is 0.00755. The van der Waals surface area contributed by atoms with E-state index in [1.165, 1.54) is 0 Å². The summed E-state index contributed by atoms with van der Waals surface area (Å²) in [5.41, 5.74) is 0.416. The van der Waals surface area contributed by atoms with E-state index < -0.39 is 11.5 Å². The smallest absolute Gasteiger partial charge is 0.179 e. The van der Waals surface area contributed by atoms with Gasteiger partial charge in [-0.2, -0.15) is 0 Å². The summed E-state index contributed by atoms with van der Waals surface area (Å²) in [6, 6.07) is 5.29. The average molecular weight is 289 g/mol. The third-order valence-electron chi connectivity index (χ3n) is 2.58. The lowest BCUT2D eigenvalue weighted by atomic mass is 9.88. The molecule has 0 heterocycles. The fourth-order valence-electron chi connectivity index (χ4n) is 1.54. The zero-order valence-electron chi connectivity index (χ0n) is 11.1. The fourth-order valence-corrected chi connectivity index (χ4v) is 1.97. The number of hydrogen-bond donors (Lipinski definition) is 0. The highest BCUT2D eigenvalue weighted by molar-refractivity contribution is 6.30. The molecule has 1 atom stereocenters. The van der Waals surface area contributed by atoms with E-state index in [0.717, 1.165) is 5.56 Å². The molecule has 0 radical (unpaired) electrons. The zero-order valence-corrected chi connectivity index (χ0v) is 12.6. The molecule has 1 aromatic carbocycles. The van der Waals surface area contributed by atoms with Crippen LogP contribution in [0.5, 0.6) is 5.75 Å². The summed E-state index contributed by atoms with van der Waals surface area (Å²) < 4.78 is 5.70. The Morgan fingerprint density at radius 1 is 1.39 bits per heavy atom. The van der Waals surface area contributed by atoms with Gasteiger partial charge in [0.05, 0.1) is 5.88 Å². The molecule has 0 amide bonds. The molecule has 0 aromatic heterocycles. The van der Waals surface area contributed by atoms with Gasteiger partial charge in [0.2, 0.25) is 0 Å². The topological polar surface area (TPSA) is 26.3 Å². The van der Waals surface area contributed by atoms with Gasteiger partial charge < -0.3 is 4.74 Å². The second-order valence-corrected chi connectivity index (χ2v) is 6.03. The summed E-state index contributed by atoms with van der Waals surface area (Å²) in [7, 11) is 0. The number of alkyl halides is 1. The third-order valence-corrected chi connectivity index (χ3v) is 3.09. The molecule has 1 rings (SSSR count). The number of ether oxygens (including phenoxy) is 1. The quantitative estimate of drug-likeness (QED) is 0.774. The Balaban J connectivity index is 2.90. The Morgan fingerprint density at radius 3 is 2.44 bits per heavy atom. The van der Waals surface area contributed by atoms with Crippen molar-refractivity contribution in [2.75, 3.05) is 5.88 Å². The molecule has 0 spiro atoms. The van der Waals surface area contributed by atoms with Gasteiger partial charge in [0.15, 0.2) is 11.9 Å². The summed E-state index contributed by atoms with van der Waals surface area (Å²) in [6.07, 6.45) is -0.633. The van der Waals surface area contributed by atoms with Gasteiger partial charge in [0, 0.05) is 10.4 Å². The van der Waals surface area contributed by atoms with E-state index in [-0.39, 0.29) is 11.7 Å². The number of Topliss-reactive ketones (excluding diaryl/α,β-unsaturated/α-hetero) is 1. The van der Waals surface area contributed by atoms with Crippen molar-refractivity contribution in [2.24, 2.45) is 5.41 Å². The van der Waals surface area contributed by atoms with Crippen LogP contribution in [-0.4, -0.2) is 17.8 Å². The second kappa shape index (κ2) is 5.94. The van der Waals surface area contributed by atoms with E-state index in [4.69, 9.17) is 27.9 Å². The van der Waals surface area contributed by atoms with Crippen molar-refractivity contribution in [3.8, 4) is 5.75 Å². The minimum atomic E-state index is -0.633. The molecule has 0 N–H and O–H groups in total. The van der Waals surface area contributed by atoms with Crippen LogP contribution >= 0.6 is 23.2 Å². The number of carbonyl (C=O) groups excluding carboxylic acids is 1. The van der Waals surface area contributed by atoms with E-state index in [2.05, 4.69) is 0 Å². The highest BCUT2D eigenvalue weighted by atomic mass is 35.5. The van der Waals surface area contributed by atoms with Crippen molar-refractivity contribution in [2.45, 2.75) is 33.8 Å². The summed E-state index contributed by atoms with van der Waals surface area (Å²) in [5.74, 6) is 0.771. The number of benzene rings is 1. The molecule has 0 saturated heterocycles. The number of carbonyl (C=O) groups is 1. The van der Waals surface area contributed by atoms with Crippen LogP contribution in [-0.2, 0) is 4.79 Å². The highest BCUT2D eigenvalue weighted by Gasteiger charge is 2.30. The first kappa shape index (κ1) is 15.3. The summed E-state index contributed by atoms with van der Waals surface area (Å²) in [4.78, 5) is 12.1. The van der Waals surface area contributed by atoms with Crippen molar-refractivity contribution >= 4 is 29.0 Å². The maximum absolute atomic E-state index is 12.1. The SMILES string of the molecule is Cc1cc(Cl)ccc1OC(CCl)C(=O)C(C)(C)C. The first-order valence-corrected chi connectivity index (χ1v) is 6.70. The summed E-state index contributed by atoms with van der Waals surface area (Å²) in [6.45, 7) is 7.45. The van der Waals surface area contributed by atoms with Gasteiger partial charge in [-0.05, 0) is 30.7 Å². The largest absolute Gasteiger partial charge is 0.481 e. The van der Waals surface area contributed by atoms with Crippen molar-refractivity contribution in [3.63, 3.8) is 0 Å². The zero-order chi connectivity index (χ0) is 13.9. The van der Waals surface area contributed by atoms with Crippen LogP contribution in [0.25, 0.3) is 0 Å². The normalized spacial score (nSPS) is 13.2. The molecule has 1 unspecified atom stereocenters. The van der Waals surface area contributed by atoms with Crippen molar-refractivity contribution in [1.29, 1.82) is 0 Å². The number of hydrogen-bond acceptors (Lipinski definition) is 2. The second-order valence-electron chi connectivity index (χ2n) is 5.28. The van der Waals surface area contributed by atoms with Crippen LogP contribution in [0.15, 0.2) is 18.2 Å². The van der Waals surface area contributed by atoms with Gasteiger partial charge in [-0.15, -0.1) is 11.6 Å². The maximum atomic E-state index is 12.1. The van der Waals surface area contributed by atoms with Crippen LogP contribution in [0.2, 0.25) is 5.02 Å². The molecule has 0 bridgehead atoms. The van der Waals surface area contributed by atoms with E-state index in [1.54, 1.807) is 18.2 Å². The van der Waals surface area contributed by atoms with E-state index >= 15 is 0 Å². The predicted octanol–water partition coefficient (Wildman–Crippen LogP) is 4.25. The Hall–Kier alpha value is -0.730. The average Bonchev–Trinajstić information content (AvgIpc) is 2.26. The van der Waals surface area contributed by atoms with Gasteiger partial charge in [-0.1, -0.05) is 32.4 Å². The maximum Gasteiger partial charge on any atom is 0.179 e. The van der Waals surface area contributed by atoms with Crippen LogP contribution < -0.4 is 4.74 Å². The molecular weight excluding hydrogens is 271 g/mol. The lowest BCUT2D eigenvalue weighted by molar-refractivity contribution is -0.132. The predicted molar refractivity (Wildman–Crippen MR) is 75.8 cm³/mol. The van der Waals surface area contributed by atoms with Crippen LogP contribution in [0, 0.1) is 12.3 Å². The van der Waals surface area contributed by atoms with Crippen molar-refractivity contribution in [3.05, 3.63) is 28.8 Å². The molecule has 1 aromatic rings. The molecule has 18 heavy (non-hydrogen) atoms. The Morgan fingerprint density at radius 2 is 2.00 bits per heavy atom. The molecule has 0 aliphatic rings. The third kappa shape index (κ3) is 3.89. The number of rotatable bonds is 4. The van der Waals surface area contributed by atoms with Crippen molar-refractivity contribution in [1.82, 2.24) is 0 Å². The first-order chi connectivity index (χ1) is 8.25. The standard InChI is InChI=1S/C14H18Cl2O2/c1-9-7-10(16)5-6-11(9)18-12(8-15)13(17)14(2,3)4/h5-7,12H,8H2,1-4H3. The lowest BCUT2D eigenvalue weighted by Gasteiger charge is -2.24. The van der Waals surface area contributed by atoms with E-state index in [1.807, 2.05) is 27.7 Å². The minimum Gasteiger partial charge on any atom is -0.481 e. The lowest BCUT2D eigenvalue weighted by Crippen LogP contribution is -2.38. The van der Waals surface area contributed by atoms with E-state index in [9.17, 15) is 4.79 Å². The van der Waals surface area contributed by atoms with Gasteiger partial charge in [-0.3, -0.25) is 4.79 Å². The van der Waals surface area contributed by atoms with Crippen LogP contribution in [0.4, 0.5) is 0 Å². The molecule has 2 nitrogen and oxygen atoms in total. The van der Waals surface area contributed by atoms with E-state index in [0.29, 0.717) is 10.8 Å². The van der Waals surface area contributed by atoms with Gasteiger partial charge in [-0.25, -0.2) is 0 Å². The summed E-state index contributed by atoms with van der Waals surface area (Å²) in [5, 5.41) is 0.643. The molecule has 0 saturated carbocycles. The van der Waals surface area contributed by atoms with Crippen LogP contribution in [0.3, 0.4) is 0 Å². The Labute approximate surface area is 118 Å². The monoisotopic (exact) mass is 288 g/mol. The van der Waals surface area contributed by atoms with Crippen LogP contribution in [0.1, 0.15) is 26.3 Å². The summed E-state index contributed by atoms with van der Waals surface area (Å²) >= 11 is 11.7.